The maximum atomic E-state index is 0. The first-order valence-electron chi connectivity index (χ1n) is 0. The fraction of sp³-hybridized carbons (Fsp3) is 0. The van der Waals surface area contributed by atoms with E-state index in [1.807, 2.05) is 0 Å². The second kappa shape index (κ2) is 22.9. The first kappa shape index (κ1) is 32.1. The van der Waals surface area contributed by atoms with Gasteiger partial charge in [0.25, 0.3) is 0 Å². The molecule has 0 amide bonds. The Morgan fingerprint density at radius 3 is 1.20 bits per heavy atom. The molecule has 0 N–H and O–H groups in total. The van der Waals surface area contributed by atoms with Gasteiger partial charge in [-0.1, -0.05) is 0 Å². The summed E-state index contributed by atoms with van der Waals surface area (Å²) in [6, 6.07) is 0. The van der Waals surface area contributed by atoms with Crippen LogP contribution < -0.4 is 51.4 Å². The summed E-state index contributed by atoms with van der Waals surface area (Å²) in [5, 5.41) is 0. The van der Waals surface area contributed by atoms with Gasteiger partial charge in [-0.3, -0.25) is 0 Å². The van der Waals surface area contributed by atoms with Crippen molar-refractivity contribution in [3.8, 4) is 0 Å². The topological polar surface area (TPSA) is 0 Å². The molecule has 2 radical (unpaired) electrons. The molecule has 0 bridgehead atoms. The molecule has 0 atom stereocenters. The minimum Gasteiger partial charge on any atom is -1.00 e. The van der Waals surface area contributed by atoms with Gasteiger partial charge in [-0.25, -0.2) is 0 Å². The van der Waals surface area contributed by atoms with Crippen LogP contribution in [0, 0.1) is 35.6 Å². The van der Waals surface area contributed by atoms with Crippen molar-refractivity contribution in [1.82, 2.24) is 0 Å². The Morgan fingerprint density at radius 2 is 1.20 bits per heavy atom. The van der Waals surface area contributed by atoms with Gasteiger partial charge in [-0.2, -0.15) is 0 Å². The van der Waals surface area contributed by atoms with Crippen LogP contribution in [0.15, 0.2) is 0 Å². The van der Waals surface area contributed by atoms with Crippen LogP contribution in [0.1, 0.15) is 1.43 Å². The second-order valence-corrected chi connectivity index (χ2v) is 0. The average Bonchev–Trinajstić information content (AvgIpc) is 0. The molecule has 0 saturated carbocycles. The van der Waals surface area contributed by atoms with Crippen LogP contribution in [0.3, 0.4) is 0 Å². The van der Waals surface area contributed by atoms with E-state index in [1.165, 1.54) is 0 Å². The summed E-state index contributed by atoms with van der Waals surface area (Å²) in [6.45, 7) is 0. The van der Waals surface area contributed by atoms with Crippen molar-refractivity contribution in [2.24, 2.45) is 0 Å². The van der Waals surface area contributed by atoms with E-state index < -0.39 is 0 Å². The Labute approximate surface area is 153 Å². The molecule has 34 valence electrons. The zero-order chi connectivity index (χ0) is 0. The predicted molar refractivity (Wildman–Crippen MR) is 11.1 cm³/mol. The summed E-state index contributed by atoms with van der Waals surface area (Å²) in [4.78, 5) is 0. The fourth-order valence-electron chi connectivity index (χ4n) is 0. The summed E-state index contributed by atoms with van der Waals surface area (Å²) in [5.74, 6) is 0. The summed E-state index contributed by atoms with van der Waals surface area (Å²) in [7, 11) is 0. The van der Waals surface area contributed by atoms with Crippen LogP contribution in [0.5, 0.6) is 0 Å². The number of hydrogen-bond acceptors (Lipinski definition) is 0. The van der Waals surface area contributed by atoms with Crippen molar-refractivity contribution in [3.05, 3.63) is 0 Å². The van der Waals surface area contributed by atoms with Crippen molar-refractivity contribution in [2.75, 3.05) is 0 Å². The summed E-state index contributed by atoms with van der Waals surface area (Å²) in [6.07, 6.45) is 0. The molecule has 0 rings (SSSR count). The largest absolute Gasteiger partial charge is 1.00 e. The van der Waals surface area contributed by atoms with Gasteiger partial charge in [0.2, 0.25) is 0 Å². The standard InChI is InChI=1S/Ag.Bi.K.La.Pd.4H/q;;+1;;;;;;-1. The summed E-state index contributed by atoms with van der Waals surface area (Å²) < 4.78 is 0. The summed E-state index contributed by atoms with van der Waals surface area (Å²) >= 11 is 0. The van der Waals surface area contributed by atoms with Gasteiger partial charge in [0.1, 0.15) is 0 Å². The normalized spacial score (nSPS) is 0. The molecule has 0 aromatic heterocycles. The zero-order valence-corrected chi connectivity index (χ0v) is 18.2. The van der Waals surface area contributed by atoms with Gasteiger partial charge in [0.15, 0.2) is 0 Å². The first-order chi connectivity index (χ1) is 0. The molecule has 0 saturated heterocycles. The minimum atomic E-state index is 0. The molecule has 0 aromatic carbocycles. The third kappa shape index (κ3) is 17.6. The Morgan fingerprint density at radius 1 is 1.20 bits per heavy atom. The molecule has 0 aliphatic rings. The van der Waals surface area contributed by atoms with Crippen molar-refractivity contribution in [1.29, 1.82) is 0 Å². The van der Waals surface area contributed by atoms with Crippen LogP contribution in [0.2, 0.25) is 0 Å². The van der Waals surface area contributed by atoms with Crippen LogP contribution in [-0.4, -0.2) is 26.2 Å². The molecule has 5 heavy (non-hydrogen) atoms. The Bertz CT molecular complexity index is 15.5. The number of rotatable bonds is 0. The van der Waals surface area contributed by atoms with E-state index in [1.54, 1.807) is 0 Å². The van der Waals surface area contributed by atoms with E-state index >= 15 is 0 Å². The molecule has 0 aliphatic heterocycles. The van der Waals surface area contributed by atoms with E-state index in [0.717, 1.165) is 0 Å². The van der Waals surface area contributed by atoms with Crippen molar-refractivity contribution < 1.29 is 131 Å². The maximum Gasteiger partial charge on any atom is 1.00 e. The summed E-state index contributed by atoms with van der Waals surface area (Å²) in [5.41, 5.74) is 0. The van der Waals surface area contributed by atoms with E-state index in [4.69, 9.17) is 0 Å². The fourth-order valence-corrected chi connectivity index (χ4v) is 0. The smallest absolute Gasteiger partial charge is 1.00 e. The molecular weight excluding hydrogens is 601 g/mol. The molecular formula is H4AgBiKLaPd. The molecule has 5 heteroatoms. The average molecular weight is 605 g/mol. The SMILES string of the molecule is [Ag].[BiH3].[H-].[K+].[La].[Pd]. The van der Waals surface area contributed by atoms with Gasteiger partial charge in [-0.15, -0.1) is 0 Å². The molecule has 0 heterocycles. The first-order valence-corrected chi connectivity index (χ1v) is 0. The molecule has 0 unspecified atom stereocenters. The van der Waals surface area contributed by atoms with Gasteiger partial charge in [0.05, 0.1) is 0 Å². The molecule has 0 spiro atoms. The van der Waals surface area contributed by atoms with Crippen molar-refractivity contribution in [2.45, 2.75) is 0 Å². The molecule has 0 fully saturated rings. The quantitative estimate of drug-likeness (QED) is 0.247. The zero-order valence-electron chi connectivity index (χ0n) is 3.90. The van der Waals surface area contributed by atoms with Crippen LogP contribution in [-0.2, 0) is 42.8 Å². The Kier molecular flexibility index (Phi) is 147. The maximum absolute atomic E-state index is 0. The van der Waals surface area contributed by atoms with E-state index in [2.05, 4.69) is 0 Å². The third-order valence-electron chi connectivity index (χ3n) is 0. The van der Waals surface area contributed by atoms with Gasteiger partial charge < -0.3 is 1.43 Å². The van der Waals surface area contributed by atoms with E-state index in [0.29, 0.717) is 0 Å². The minimum absolute atomic E-state index is 0. The van der Waals surface area contributed by atoms with Gasteiger partial charge in [-0.05, 0) is 0 Å². The van der Waals surface area contributed by atoms with Crippen LogP contribution in [0.25, 0.3) is 0 Å². The van der Waals surface area contributed by atoms with Crippen LogP contribution in [0.4, 0.5) is 0 Å². The predicted octanol–water partition coefficient (Wildman–Crippen LogP) is -4.07. The van der Waals surface area contributed by atoms with E-state index in [-0.39, 0.29) is 157 Å². The van der Waals surface area contributed by atoms with Crippen molar-refractivity contribution >= 4 is 26.2 Å². The van der Waals surface area contributed by atoms with E-state index in [9.17, 15) is 0 Å². The Hall–Kier alpha value is 5.12. The van der Waals surface area contributed by atoms with Crippen molar-refractivity contribution in [3.63, 3.8) is 0 Å². The monoisotopic (exact) mass is 604 g/mol. The van der Waals surface area contributed by atoms with Gasteiger partial charge >= 0.3 is 77.6 Å². The second-order valence-electron chi connectivity index (χ2n) is 0. The molecule has 0 aliphatic carbocycles. The van der Waals surface area contributed by atoms with Gasteiger partial charge in [0, 0.05) is 78.4 Å². The molecule has 0 aromatic rings. The van der Waals surface area contributed by atoms with Crippen LogP contribution >= 0.6 is 0 Å². The third-order valence-corrected chi connectivity index (χ3v) is 0. The number of hydrogen-bond donors (Lipinski definition) is 0. The Balaban J connectivity index is 0. The molecule has 0 nitrogen and oxygen atoms in total.